The lowest BCUT2D eigenvalue weighted by atomic mass is 10.2. The minimum absolute atomic E-state index is 0.0807. The van der Waals surface area contributed by atoms with Gasteiger partial charge < -0.3 is 19.6 Å². The second kappa shape index (κ2) is 9.05. The van der Waals surface area contributed by atoms with Crippen LogP contribution in [0.25, 0.3) is 0 Å². The summed E-state index contributed by atoms with van der Waals surface area (Å²) in [4.78, 5) is 17.2. The number of hydrogen-bond donors (Lipinski definition) is 1. The molecule has 1 amide bonds. The van der Waals surface area contributed by atoms with Crippen LogP contribution in [0.5, 0.6) is 11.5 Å². The number of methoxy groups -OCH3 is 2. The van der Waals surface area contributed by atoms with Crippen molar-refractivity contribution >= 4 is 29.4 Å². The van der Waals surface area contributed by atoms with Crippen molar-refractivity contribution in [3.8, 4) is 11.5 Å². The molecule has 0 radical (unpaired) electrons. The molecule has 8 heteroatoms. The summed E-state index contributed by atoms with van der Waals surface area (Å²) in [6.45, 7) is 1.53. The zero-order valence-electron chi connectivity index (χ0n) is 14.5. The molecular weight excluding hydrogens is 363 g/mol. The van der Waals surface area contributed by atoms with Crippen molar-refractivity contribution in [3.05, 3.63) is 52.8 Å². The van der Waals surface area contributed by atoms with E-state index in [1.165, 1.54) is 38.4 Å². The molecule has 2 aromatic rings. The van der Waals surface area contributed by atoms with Gasteiger partial charge in [0, 0.05) is 11.3 Å². The van der Waals surface area contributed by atoms with E-state index in [1.54, 1.807) is 25.3 Å². The van der Waals surface area contributed by atoms with Crippen LogP contribution in [0.2, 0.25) is 5.02 Å². The lowest BCUT2D eigenvalue weighted by Gasteiger charge is -2.11. The van der Waals surface area contributed by atoms with Crippen molar-refractivity contribution in [1.82, 2.24) is 0 Å². The Labute approximate surface area is 155 Å². The van der Waals surface area contributed by atoms with E-state index in [0.29, 0.717) is 22.7 Å². The SMILES string of the molecule is COc1ccc(/C=N/OC(C)C(=O)Nc2ccc(F)c(Cl)c2)cc1OC. The van der Waals surface area contributed by atoms with Crippen molar-refractivity contribution in [1.29, 1.82) is 0 Å². The van der Waals surface area contributed by atoms with Crippen LogP contribution in [0, 0.1) is 5.82 Å². The van der Waals surface area contributed by atoms with Gasteiger partial charge in [-0.25, -0.2) is 4.39 Å². The topological polar surface area (TPSA) is 69.2 Å². The zero-order valence-corrected chi connectivity index (χ0v) is 15.2. The van der Waals surface area contributed by atoms with Crippen LogP contribution in [0.4, 0.5) is 10.1 Å². The van der Waals surface area contributed by atoms with Crippen molar-refractivity contribution in [2.45, 2.75) is 13.0 Å². The Morgan fingerprint density at radius 1 is 1.19 bits per heavy atom. The average molecular weight is 381 g/mol. The Bertz CT molecular complexity index is 814. The van der Waals surface area contributed by atoms with E-state index in [4.69, 9.17) is 25.9 Å². The molecule has 0 saturated carbocycles. The van der Waals surface area contributed by atoms with Crippen molar-refractivity contribution < 1.29 is 23.5 Å². The summed E-state index contributed by atoms with van der Waals surface area (Å²) in [5.41, 5.74) is 1.07. The lowest BCUT2D eigenvalue weighted by Crippen LogP contribution is -2.26. The van der Waals surface area contributed by atoms with Crippen LogP contribution in [0.15, 0.2) is 41.6 Å². The van der Waals surface area contributed by atoms with Crippen LogP contribution in [0.1, 0.15) is 12.5 Å². The fourth-order valence-electron chi connectivity index (χ4n) is 1.98. The highest BCUT2D eigenvalue weighted by molar-refractivity contribution is 6.31. The van der Waals surface area contributed by atoms with Gasteiger partial charge in [0.2, 0.25) is 6.10 Å². The average Bonchev–Trinajstić information content (AvgIpc) is 2.64. The summed E-state index contributed by atoms with van der Waals surface area (Å²) in [6.07, 6.45) is 0.579. The summed E-state index contributed by atoms with van der Waals surface area (Å²) in [5.74, 6) is 0.136. The standard InChI is InChI=1S/C18H18ClFN2O4/c1-11(18(23)22-13-5-6-15(20)14(19)9-13)26-21-10-12-4-7-16(24-2)17(8-12)25-3/h4-11H,1-3H3,(H,22,23)/b21-10+. The van der Waals surface area contributed by atoms with Crippen LogP contribution in [0.3, 0.4) is 0 Å². The molecule has 26 heavy (non-hydrogen) atoms. The summed E-state index contributed by atoms with van der Waals surface area (Å²) in [5, 5.41) is 6.28. The molecule has 0 heterocycles. The second-order valence-corrected chi connectivity index (χ2v) is 5.62. The normalized spacial score (nSPS) is 11.9. The molecule has 0 aromatic heterocycles. The van der Waals surface area contributed by atoms with E-state index >= 15 is 0 Å². The number of benzene rings is 2. The number of amides is 1. The molecule has 0 spiro atoms. The van der Waals surface area contributed by atoms with E-state index in [2.05, 4.69) is 10.5 Å². The number of nitrogens with one attached hydrogen (secondary N) is 1. The smallest absolute Gasteiger partial charge is 0.267 e. The maximum absolute atomic E-state index is 13.1. The Balaban J connectivity index is 1.94. The number of carbonyl (C=O) groups excluding carboxylic acids is 1. The number of halogens is 2. The molecule has 0 aliphatic carbocycles. The van der Waals surface area contributed by atoms with Crippen molar-refractivity contribution in [2.75, 3.05) is 19.5 Å². The quantitative estimate of drug-likeness (QED) is 0.584. The van der Waals surface area contributed by atoms with Gasteiger partial charge in [0.1, 0.15) is 5.82 Å². The number of rotatable bonds is 7. The molecule has 0 fully saturated rings. The highest BCUT2D eigenvalue weighted by Crippen LogP contribution is 2.26. The molecule has 1 unspecified atom stereocenters. The van der Waals surface area contributed by atoms with Gasteiger partial charge in [0.25, 0.3) is 5.91 Å². The Hall–Kier alpha value is -2.80. The summed E-state index contributed by atoms with van der Waals surface area (Å²) in [6, 6.07) is 9.09. The third kappa shape index (κ3) is 5.10. The van der Waals surface area contributed by atoms with Gasteiger partial charge in [0.05, 0.1) is 25.5 Å². The number of hydrogen-bond acceptors (Lipinski definition) is 5. The van der Waals surface area contributed by atoms with E-state index < -0.39 is 17.8 Å². The Morgan fingerprint density at radius 2 is 1.92 bits per heavy atom. The van der Waals surface area contributed by atoms with Crippen LogP contribution < -0.4 is 14.8 Å². The van der Waals surface area contributed by atoms with Crippen LogP contribution in [-0.2, 0) is 9.63 Å². The van der Waals surface area contributed by atoms with Gasteiger partial charge in [-0.15, -0.1) is 0 Å². The molecule has 138 valence electrons. The molecule has 0 aliphatic heterocycles. The number of anilines is 1. The van der Waals surface area contributed by atoms with Crippen molar-refractivity contribution in [3.63, 3.8) is 0 Å². The molecule has 0 bridgehead atoms. The Morgan fingerprint density at radius 3 is 2.58 bits per heavy atom. The first-order valence-electron chi connectivity index (χ1n) is 7.61. The van der Waals surface area contributed by atoms with Crippen LogP contribution >= 0.6 is 11.6 Å². The maximum Gasteiger partial charge on any atom is 0.267 e. The molecule has 6 nitrogen and oxygen atoms in total. The minimum Gasteiger partial charge on any atom is -0.493 e. The number of nitrogens with zero attached hydrogens (tertiary/aromatic N) is 1. The zero-order chi connectivity index (χ0) is 19.1. The van der Waals surface area contributed by atoms with E-state index in [1.807, 2.05) is 0 Å². The highest BCUT2D eigenvalue weighted by atomic mass is 35.5. The first-order valence-corrected chi connectivity index (χ1v) is 7.99. The summed E-state index contributed by atoms with van der Waals surface area (Å²) in [7, 11) is 3.08. The summed E-state index contributed by atoms with van der Waals surface area (Å²) >= 11 is 5.67. The lowest BCUT2D eigenvalue weighted by molar-refractivity contribution is -0.126. The number of oxime groups is 1. The van der Waals surface area contributed by atoms with E-state index in [0.717, 1.165) is 0 Å². The fraction of sp³-hybridized carbons (Fsp3) is 0.222. The minimum atomic E-state index is -0.866. The molecule has 2 rings (SSSR count). The second-order valence-electron chi connectivity index (χ2n) is 5.21. The third-order valence-corrected chi connectivity index (χ3v) is 3.67. The molecule has 1 atom stereocenters. The molecular formula is C18H18ClFN2O4. The van der Waals surface area contributed by atoms with Gasteiger partial charge in [-0.3, -0.25) is 4.79 Å². The first kappa shape index (κ1) is 19.5. The molecule has 0 aliphatic rings. The molecule has 2 aromatic carbocycles. The Kier molecular flexibility index (Phi) is 6.80. The first-order chi connectivity index (χ1) is 12.4. The molecule has 0 saturated heterocycles. The third-order valence-electron chi connectivity index (χ3n) is 3.38. The number of carbonyl (C=O) groups is 1. The van der Waals surface area contributed by atoms with E-state index in [-0.39, 0.29) is 5.02 Å². The maximum atomic E-state index is 13.1. The van der Waals surface area contributed by atoms with Gasteiger partial charge in [0.15, 0.2) is 11.5 Å². The van der Waals surface area contributed by atoms with Gasteiger partial charge >= 0.3 is 0 Å². The molecule has 1 N–H and O–H groups in total. The van der Waals surface area contributed by atoms with Gasteiger partial charge in [-0.05, 0) is 43.3 Å². The van der Waals surface area contributed by atoms with Crippen molar-refractivity contribution in [2.24, 2.45) is 5.16 Å². The predicted molar refractivity (Wildman–Crippen MR) is 97.7 cm³/mol. The van der Waals surface area contributed by atoms with Gasteiger partial charge in [-0.2, -0.15) is 0 Å². The summed E-state index contributed by atoms with van der Waals surface area (Å²) < 4.78 is 23.5. The van der Waals surface area contributed by atoms with Crippen LogP contribution in [-0.4, -0.2) is 32.4 Å². The highest BCUT2D eigenvalue weighted by Gasteiger charge is 2.15. The number of ether oxygens (including phenoxy) is 2. The fourth-order valence-corrected chi connectivity index (χ4v) is 2.16. The van der Waals surface area contributed by atoms with Gasteiger partial charge in [-0.1, -0.05) is 16.8 Å². The predicted octanol–water partition coefficient (Wildman–Crippen LogP) is 3.87. The van der Waals surface area contributed by atoms with E-state index in [9.17, 15) is 9.18 Å². The largest absolute Gasteiger partial charge is 0.493 e. The monoisotopic (exact) mass is 380 g/mol.